The van der Waals surface area contributed by atoms with Crippen molar-refractivity contribution in [3.63, 3.8) is 0 Å². The summed E-state index contributed by atoms with van der Waals surface area (Å²) in [6.07, 6.45) is 7.06. The van der Waals surface area contributed by atoms with Gasteiger partial charge in [0.2, 0.25) is 0 Å². The highest BCUT2D eigenvalue weighted by Crippen LogP contribution is 2.38. The molecular formula is C18H29NO. The molecule has 0 saturated heterocycles. The van der Waals surface area contributed by atoms with Crippen molar-refractivity contribution in [2.24, 2.45) is 5.92 Å². The van der Waals surface area contributed by atoms with E-state index in [9.17, 15) is 0 Å². The second kappa shape index (κ2) is 7.68. The summed E-state index contributed by atoms with van der Waals surface area (Å²) in [5, 5.41) is 3.70. The Balaban J connectivity index is 2.23. The van der Waals surface area contributed by atoms with E-state index in [1.165, 1.54) is 37.7 Å². The molecule has 0 heterocycles. The largest absolute Gasteiger partial charge is 0.491 e. The highest BCUT2D eigenvalue weighted by Gasteiger charge is 2.26. The average Bonchev–Trinajstić information content (AvgIpc) is 2.46. The maximum Gasteiger partial charge on any atom is 0.124 e. The zero-order valence-corrected chi connectivity index (χ0v) is 13.2. The van der Waals surface area contributed by atoms with Crippen molar-refractivity contribution >= 4 is 0 Å². The van der Waals surface area contributed by atoms with Crippen molar-refractivity contribution in [1.29, 1.82) is 0 Å². The number of benzene rings is 1. The van der Waals surface area contributed by atoms with E-state index in [-0.39, 0.29) is 6.10 Å². The van der Waals surface area contributed by atoms with E-state index in [1.807, 2.05) is 0 Å². The Bertz CT molecular complexity index is 396. The normalized spacial score (nSPS) is 18.2. The van der Waals surface area contributed by atoms with Gasteiger partial charge in [0.05, 0.1) is 6.10 Å². The van der Waals surface area contributed by atoms with E-state index in [4.69, 9.17) is 4.74 Å². The van der Waals surface area contributed by atoms with Gasteiger partial charge in [-0.1, -0.05) is 44.4 Å². The molecule has 1 N–H and O–H groups in total. The quantitative estimate of drug-likeness (QED) is 0.812. The summed E-state index contributed by atoms with van der Waals surface area (Å²) in [7, 11) is 0. The lowest BCUT2D eigenvalue weighted by atomic mass is 9.81. The minimum atomic E-state index is 0.227. The Hall–Kier alpha value is -1.02. The van der Waals surface area contributed by atoms with Crippen molar-refractivity contribution in [2.45, 2.75) is 65.0 Å². The number of hydrogen-bond acceptors (Lipinski definition) is 2. The number of nitrogens with one attached hydrogen (secondary N) is 1. The second-order valence-electron chi connectivity index (χ2n) is 6.14. The second-order valence-corrected chi connectivity index (χ2v) is 6.14. The van der Waals surface area contributed by atoms with E-state index in [2.05, 4.69) is 50.4 Å². The summed E-state index contributed by atoms with van der Waals surface area (Å²) < 4.78 is 6.02. The van der Waals surface area contributed by atoms with Gasteiger partial charge in [-0.15, -0.1) is 0 Å². The van der Waals surface area contributed by atoms with Gasteiger partial charge in [0.1, 0.15) is 5.75 Å². The molecule has 1 atom stereocenters. The highest BCUT2D eigenvalue weighted by molar-refractivity contribution is 5.36. The molecule has 0 bridgehead atoms. The minimum Gasteiger partial charge on any atom is -0.491 e. The van der Waals surface area contributed by atoms with Crippen LogP contribution < -0.4 is 10.1 Å². The van der Waals surface area contributed by atoms with Crippen LogP contribution in [0.15, 0.2) is 24.3 Å². The van der Waals surface area contributed by atoms with E-state index in [0.717, 1.165) is 18.2 Å². The molecule has 1 unspecified atom stereocenters. The lowest BCUT2D eigenvalue weighted by Gasteiger charge is -2.32. The third-order valence-electron chi connectivity index (χ3n) is 4.16. The van der Waals surface area contributed by atoms with Gasteiger partial charge in [-0.3, -0.25) is 0 Å². The monoisotopic (exact) mass is 275 g/mol. The first kappa shape index (κ1) is 15.4. The van der Waals surface area contributed by atoms with Crippen LogP contribution in [0.2, 0.25) is 0 Å². The van der Waals surface area contributed by atoms with Gasteiger partial charge < -0.3 is 10.1 Å². The molecule has 0 spiro atoms. The molecule has 20 heavy (non-hydrogen) atoms. The van der Waals surface area contributed by atoms with Gasteiger partial charge in [-0.05, 0) is 45.2 Å². The standard InChI is InChI=1S/C18H29NO/c1-4-19-18(15-10-6-5-7-11-15)16-12-8-9-13-17(16)20-14(2)3/h8-9,12-15,18-19H,4-7,10-11H2,1-3H3. The van der Waals surface area contributed by atoms with E-state index in [0.29, 0.717) is 6.04 Å². The third-order valence-corrected chi connectivity index (χ3v) is 4.16. The molecule has 1 fully saturated rings. The van der Waals surface area contributed by atoms with Crippen molar-refractivity contribution < 1.29 is 4.74 Å². The molecule has 0 radical (unpaired) electrons. The topological polar surface area (TPSA) is 21.3 Å². The van der Waals surface area contributed by atoms with E-state index >= 15 is 0 Å². The van der Waals surface area contributed by atoms with Gasteiger partial charge in [0, 0.05) is 11.6 Å². The van der Waals surface area contributed by atoms with Crippen LogP contribution in [0.3, 0.4) is 0 Å². The fraction of sp³-hybridized carbons (Fsp3) is 0.667. The van der Waals surface area contributed by atoms with Crippen LogP contribution in [0.1, 0.15) is 64.5 Å². The molecule has 0 amide bonds. The van der Waals surface area contributed by atoms with Gasteiger partial charge in [0.25, 0.3) is 0 Å². The summed E-state index contributed by atoms with van der Waals surface area (Å²) in [6.45, 7) is 7.40. The van der Waals surface area contributed by atoms with Crippen LogP contribution >= 0.6 is 0 Å². The smallest absolute Gasteiger partial charge is 0.124 e. The molecule has 0 aliphatic heterocycles. The Labute approximate surface area is 123 Å². The van der Waals surface area contributed by atoms with Crippen LogP contribution in [-0.4, -0.2) is 12.6 Å². The fourth-order valence-corrected chi connectivity index (χ4v) is 3.32. The predicted octanol–water partition coefficient (Wildman–Crippen LogP) is 4.70. The molecule has 0 aromatic heterocycles. The summed E-state index contributed by atoms with van der Waals surface area (Å²) >= 11 is 0. The lowest BCUT2D eigenvalue weighted by molar-refractivity contribution is 0.226. The van der Waals surface area contributed by atoms with Crippen molar-refractivity contribution in [1.82, 2.24) is 5.32 Å². The van der Waals surface area contributed by atoms with Crippen molar-refractivity contribution in [2.75, 3.05) is 6.54 Å². The van der Waals surface area contributed by atoms with Crippen molar-refractivity contribution in [3.8, 4) is 5.75 Å². The molecule has 2 heteroatoms. The molecule has 1 aromatic rings. The van der Waals surface area contributed by atoms with Crippen LogP contribution in [0.5, 0.6) is 5.75 Å². The molecule has 1 saturated carbocycles. The van der Waals surface area contributed by atoms with Gasteiger partial charge in [-0.25, -0.2) is 0 Å². The molecule has 1 aliphatic carbocycles. The summed E-state index contributed by atoms with van der Waals surface area (Å²) in [6, 6.07) is 9.00. The van der Waals surface area contributed by atoms with Crippen molar-refractivity contribution in [3.05, 3.63) is 29.8 Å². The molecular weight excluding hydrogens is 246 g/mol. The highest BCUT2D eigenvalue weighted by atomic mass is 16.5. The van der Waals surface area contributed by atoms with Crippen LogP contribution in [0, 0.1) is 5.92 Å². The Morgan fingerprint density at radius 2 is 1.85 bits per heavy atom. The van der Waals surface area contributed by atoms with Crippen LogP contribution in [0.25, 0.3) is 0 Å². The third kappa shape index (κ3) is 3.99. The Morgan fingerprint density at radius 1 is 1.15 bits per heavy atom. The van der Waals surface area contributed by atoms with E-state index < -0.39 is 0 Å². The SMILES string of the molecule is CCNC(c1ccccc1OC(C)C)C1CCCCC1. The number of ether oxygens (including phenoxy) is 1. The molecule has 2 rings (SSSR count). The minimum absolute atomic E-state index is 0.227. The summed E-state index contributed by atoms with van der Waals surface area (Å²) in [5.74, 6) is 1.81. The fourth-order valence-electron chi connectivity index (χ4n) is 3.32. The summed E-state index contributed by atoms with van der Waals surface area (Å²) in [4.78, 5) is 0. The average molecular weight is 275 g/mol. The van der Waals surface area contributed by atoms with Crippen LogP contribution in [-0.2, 0) is 0 Å². The maximum atomic E-state index is 6.02. The first-order chi connectivity index (χ1) is 9.72. The van der Waals surface area contributed by atoms with Gasteiger partial charge in [0.15, 0.2) is 0 Å². The number of para-hydroxylation sites is 1. The molecule has 2 nitrogen and oxygen atoms in total. The van der Waals surface area contributed by atoms with Gasteiger partial charge >= 0.3 is 0 Å². The summed E-state index contributed by atoms with van der Waals surface area (Å²) in [5.41, 5.74) is 1.34. The first-order valence-corrected chi connectivity index (χ1v) is 8.21. The number of hydrogen-bond donors (Lipinski definition) is 1. The predicted molar refractivity (Wildman–Crippen MR) is 85.2 cm³/mol. The van der Waals surface area contributed by atoms with Gasteiger partial charge in [-0.2, -0.15) is 0 Å². The molecule has 1 aliphatic rings. The Morgan fingerprint density at radius 3 is 2.50 bits per heavy atom. The molecule has 112 valence electrons. The van der Waals surface area contributed by atoms with E-state index in [1.54, 1.807) is 0 Å². The lowest BCUT2D eigenvalue weighted by Crippen LogP contribution is -2.30. The zero-order chi connectivity index (χ0) is 14.4. The van der Waals surface area contributed by atoms with Crippen LogP contribution in [0.4, 0.5) is 0 Å². The first-order valence-electron chi connectivity index (χ1n) is 8.21. The molecule has 1 aromatic carbocycles. The maximum absolute atomic E-state index is 6.02. The number of rotatable bonds is 6. The Kier molecular flexibility index (Phi) is 5.90. The zero-order valence-electron chi connectivity index (χ0n) is 13.2.